The first-order valence-corrected chi connectivity index (χ1v) is 6.67. The first-order valence-electron chi connectivity index (χ1n) is 5.90. The van der Waals surface area contributed by atoms with Crippen LogP contribution in [0.15, 0.2) is 29.1 Å². The van der Waals surface area contributed by atoms with Crippen LogP contribution in [0.2, 0.25) is 0 Å². The Morgan fingerprint density at radius 2 is 2.11 bits per heavy atom. The van der Waals surface area contributed by atoms with E-state index < -0.39 is 11.5 Å². The number of nitrogens with zero attached hydrogens (tertiary/aromatic N) is 1. The van der Waals surface area contributed by atoms with Crippen molar-refractivity contribution in [3.63, 3.8) is 0 Å². The number of carbonyl (C=O) groups is 1. The molecule has 0 saturated heterocycles. The highest BCUT2D eigenvalue weighted by Gasteiger charge is 2.50. The standard InChI is InChI=1S/C13H13NO3S/c1-13(12(16)17,8-6-7-8)14-11(15)9-4-2-3-5-10(9)18-14/h2-5,8H,6-7H2,1H3,(H,16,17). The fraction of sp³-hybridized carbons (Fsp3) is 0.385. The first kappa shape index (κ1) is 11.5. The van der Waals surface area contributed by atoms with Gasteiger partial charge in [0.15, 0.2) is 5.54 Å². The lowest BCUT2D eigenvalue weighted by atomic mass is 9.97. The molecule has 4 nitrogen and oxygen atoms in total. The zero-order valence-electron chi connectivity index (χ0n) is 9.92. The van der Waals surface area contributed by atoms with E-state index in [1.165, 1.54) is 15.5 Å². The fourth-order valence-corrected chi connectivity index (χ4v) is 3.54. The Bertz CT molecular complexity index is 683. The molecule has 1 fully saturated rings. The topological polar surface area (TPSA) is 59.3 Å². The van der Waals surface area contributed by atoms with E-state index in [1.807, 2.05) is 12.1 Å². The Balaban J connectivity index is 2.27. The van der Waals surface area contributed by atoms with Crippen LogP contribution in [0.5, 0.6) is 0 Å². The summed E-state index contributed by atoms with van der Waals surface area (Å²) in [5, 5.41) is 10.1. The van der Waals surface area contributed by atoms with Gasteiger partial charge in [0.25, 0.3) is 5.56 Å². The van der Waals surface area contributed by atoms with Gasteiger partial charge in [-0.2, -0.15) is 0 Å². The lowest BCUT2D eigenvalue weighted by Gasteiger charge is -2.24. The number of carboxylic acid groups (broad SMARTS) is 1. The van der Waals surface area contributed by atoms with E-state index in [1.54, 1.807) is 19.1 Å². The van der Waals surface area contributed by atoms with Crippen LogP contribution in [0, 0.1) is 5.92 Å². The third-order valence-electron chi connectivity index (χ3n) is 3.72. The summed E-state index contributed by atoms with van der Waals surface area (Å²) in [5.74, 6) is -0.848. The monoisotopic (exact) mass is 263 g/mol. The maximum atomic E-state index is 12.3. The molecule has 1 aromatic carbocycles. The van der Waals surface area contributed by atoms with E-state index in [-0.39, 0.29) is 11.5 Å². The number of hydrogen-bond donors (Lipinski definition) is 1. The maximum Gasteiger partial charge on any atom is 0.330 e. The summed E-state index contributed by atoms with van der Waals surface area (Å²) in [6.07, 6.45) is 1.76. The van der Waals surface area contributed by atoms with Crippen molar-refractivity contribution in [3.8, 4) is 0 Å². The number of fused-ring (bicyclic) bond motifs is 1. The summed E-state index contributed by atoms with van der Waals surface area (Å²) in [4.78, 5) is 23.9. The van der Waals surface area contributed by atoms with Gasteiger partial charge in [0, 0.05) is 0 Å². The largest absolute Gasteiger partial charge is 0.479 e. The van der Waals surface area contributed by atoms with Crippen LogP contribution in [-0.4, -0.2) is 15.0 Å². The van der Waals surface area contributed by atoms with Crippen molar-refractivity contribution in [3.05, 3.63) is 34.6 Å². The van der Waals surface area contributed by atoms with Crippen molar-refractivity contribution >= 4 is 27.6 Å². The van der Waals surface area contributed by atoms with Gasteiger partial charge >= 0.3 is 5.97 Å². The summed E-state index contributed by atoms with van der Waals surface area (Å²) in [6.45, 7) is 1.66. The van der Waals surface area contributed by atoms with Gasteiger partial charge in [-0.25, -0.2) is 8.75 Å². The highest BCUT2D eigenvalue weighted by Crippen LogP contribution is 2.45. The average Bonchev–Trinajstić information content (AvgIpc) is 3.14. The van der Waals surface area contributed by atoms with Gasteiger partial charge < -0.3 is 5.11 Å². The number of carboxylic acids is 1. The van der Waals surface area contributed by atoms with Crippen LogP contribution >= 0.6 is 11.5 Å². The Labute approximate surface area is 108 Å². The normalized spacial score (nSPS) is 18.7. The maximum absolute atomic E-state index is 12.3. The molecule has 2 aromatic rings. The molecule has 1 atom stereocenters. The van der Waals surface area contributed by atoms with Gasteiger partial charge in [-0.05, 0) is 37.8 Å². The van der Waals surface area contributed by atoms with Crippen LogP contribution < -0.4 is 5.56 Å². The van der Waals surface area contributed by atoms with Crippen molar-refractivity contribution < 1.29 is 9.90 Å². The summed E-state index contributed by atoms with van der Waals surface area (Å²) < 4.78 is 2.29. The van der Waals surface area contributed by atoms with Crippen molar-refractivity contribution in [2.24, 2.45) is 5.92 Å². The highest BCUT2D eigenvalue weighted by molar-refractivity contribution is 7.14. The minimum Gasteiger partial charge on any atom is -0.479 e. The molecule has 94 valence electrons. The van der Waals surface area contributed by atoms with E-state index in [4.69, 9.17) is 0 Å². The second-order valence-electron chi connectivity index (χ2n) is 4.91. The lowest BCUT2D eigenvalue weighted by Crippen LogP contribution is -2.44. The van der Waals surface area contributed by atoms with Gasteiger partial charge in [-0.15, -0.1) is 0 Å². The van der Waals surface area contributed by atoms with Crippen molar-refractivity contribution in [2.75, 3.05) is 0 Å². The molecule has 0 radical (unpaired) electrons. The van der Waals surface area contributed by atoms with Crippen LogP contribution in [0.3, 0.4) is 0 Å². The van der Waals surface area contributed by atoms with Crippen molar-refractivity contribution in [2.45, 2.75) is 25.3 Å². The Kier molecular flexibility index (Phi) is 2.35. The van der Waals surface area contributed by atoms with Gasteiger partial charge in [0.2, 0.25) is 0 Å². The van der Waals surface area contributed by atoms with E-state index in [9.17, 15) is 14.7 Å². The van der Waals surface area contributed by atoms with Gasteiger partial charge in [-0.3, -0.25) is 4.79 Å². The molecule has 0 bridgehead atoms. The summed E-state index contributed by atoms with van der Waals surface area (Å²) in [6, 6.07) is 7.26. The molecule has 1 heterocycles. The minimum absolute atomic E-state index is 0.0702. The average molecular weight is 263 g/mol. The Morgan fingerprint density at radius 1 is 1.44 bits per heavy atom. The number of rotatable bonds is 3. The molecule has 0 amide bonds. The third kappa shape index (κ3) is 1.43. The molecular weight excluding hydrogens is 250 g/mol. The fourth-order valence-electron chi connectivity index (χ4n) is 2.35. The van der Waals surface area contributed by atoms with Gasteiger partial charge in [0.05, 0.1) is 10.1 Å². The minimum atomic E-state index is -1.10. The molecule has 5 heteroatoms. The predicted molar refractivity (Wildman–Crippen MR) is 70.1 cm³/mol. The first-order chi connectivity index (χ1) is 8.55. The number of hydrogen-bond acceptors (Lipinski definition) is 3. The zero-order chi connectivity index (χ0) is 12.9. The Morgan fingerprint density at radius 3 is 2.67 bits per heavy atom. The molecule has 0 aliphatic heterocycles. The van der Waals surface area contributed by atoms with Gasteiger partial charge in [0.1, 0.15) is 0 Å². The van der Waals surface area contributed by atoms with Gasteiger partial charge in [-0.1, -0.05) is 23.7 Å². The van der Waals surface area contributed by atoms with Crippen LogP contribution in [0.1, 0.15) is 19.8 Å². The molecule has 1 aromatic heterocycles. The van der Waals surface area contributed by atoms with Crippen LogP contribution in [0.25, 0.3) is 10.1 Å². The molecule has 1 aliphatic rings. The summed E-state index contributed by atoms with van der Waals surface area (Å²) >= 11 is 1.25. The molecular formula is C13H13NO3S. The van der Waals surface area contributed by atoms with E-state index in [0.29, 0.717) is 5.39 Å². The molecule has 18 heavy (non-hydrogen) atoms. The third-order valence-corrected chi connectivity index (χ3v) is 5.00. The molecule has 0 spiro atoms. The zero-order valence-corrected chi connectivity index (χ0v) is 10.7. The smallest absolute Gasteiger partial charge is 0.330 e. The molecule has 1 saturated carbocycles. The van der Waals surface area contributed by atoms with E-state index in [2.05, 4.69) is 0 Å². The molecule has 1 N–H and O–H groups in total. The van der Waals surface area contributed by atoms with E-state index >= 15 is 0 Å². The lowest BCUT2D eigenvalue weighted by molar-refractivity contribution is -0.147. The van der Waals surface area contributed by atoms with E-state index in [0.717, 1.165) is 17.5 Å². The number of aliphatic carboxylic acids is 1. The summed E-state index contributed by atoms with van der Waals surface area (Å²) in [5.41, 5.74) is -1.28. The van der Waals surface area contributed by atoms with Crippen molar-refractivity contribution in [1.82, 2.24) is 3.96 Å². The predicted octanol–water partition coefficient (Wildman–Crippen LogP) is 2.27. The highest BCUT2D eigenvalue weighted by atomic mass is 32.1. The van der Waals surface area contributed by atoms with Crippen LogP contribution in [-0.2, 0) is 10.3 Å². The quantitative estimate of drug-likeness (QED) is 0.924. The number of aromatic nitrogens is 1. The second-order valence-corrected chi connectivity index (χ2v) is 5.90. The number of benzene rings is 1. The second kappa shape index (κ2) is 3.68. The molecule has 1 unspecified atom stereocenters. The summed E-state index contributed by atoms with van der Waals surface area (Å²) in [7, 11) is 0. The Hall–Kier alpha value is -1.62. The molecule has 3 rings (SSSR count). The SMILES string of the molecule is CC(C(=O)O)(C1CC1)n1sc2ccccc2c1=O. The van der Waals surface area contributed by atoms with Crippen LogP contribution in [0.4, 0.5) is 0 Å². The van der Waals surface area contributed by atoms with Crippen molar-refractivity contribution in [1.29, 1.82) is 0 Å². The molecule has 1 aliphatic carbocycles.